The summed E-state index contributed by atoms with van der Waals surface area (Å²) in [4.78, 5) is 24.1. The number of ketones is 1. The Kier molecular flexibility index (Phi) is 8.25. The topological polar surface area (TPSA) is 86.0 Å². The maximum Gasteiger partial charge on any atom is 0.345 e. The average Bonchev–Trinajstić information content (AvgIpc) is 2.97. The number of unbranched alkanes of at least 4 members (excludes halogenated alkanes) is 3. The van der Waals surface area contributed by atoms with Crippen molar-refractivity contribution in [1.82, 2.24) is 0 Å². The van der Waals surface area contributed by atoms with Crippen LogP contribution in [-0.4, -0.2) is 24.6 Å². The molecule has 150 valence electrons. The Morgan fingerprint density at radius 3 is 2.59 bits per heavy atom. The summed E-state index contributed by atoms with van der Waals surface area (Å²) in [5.74, 6) is 0.645. The summed E-state index contributed by atoms with van der Waals surface area (Å²) >= 11 is 0. The van der Waals surface area contributed by atoms with Gasteiger partial charge < -0.3 is 19.0 Å². The summed E-state index contributed by atoms with van der Waals surface area (Å²) in [6, 6.07) is 1.55. The van der Waals surface area contributed by atoms with Crippen LogP contribution in [0.3, 0.4) is 0 Å². The van der Waals surface area contributed by atoms with Gasteiger partial charge in [0.2, 0.25) is 0 Å². The monoisotopic (exact) mass is 378 g/mol. The molecule has 1 N–H and O–H groups in total. The number of hydrogen-bond donors (Lipinski definition) is 1. The van der Waals surface area contributed by atoms with Crippen LogP contribution in [0.25, 0.3) is 0 Å². The predicted molar refractivity (Wildman–Crippen MR) is 102 cm³/mol. The maximum atomic E-state index is 12.3. The lowest BCUT2D eigenvalue weighted by molar-refractivity contribution is -0.115. The number of carbonyl (C=O) groups is 1. The molecule has 0 bridgehead atoms. The van der Waals surface area contributed by atoms with Crippen LogP contribution in [-0.2, 0) is 16.1 Å². The van der Waals surface area contributed by atoms with Crippen LogP contribution in [0.4, 0.5) is 0 Å². The highest BCUT2D eigenvalue weighted by Gasteiger charge is 2.21. The van der Waals surface area contributed by atoms with E-state index in [1.165, 1.54) is 7.11 Å². The van der Waals surface area contributed by atoms with Gasteiger partial charge in [-0.1, -0.05) is 38.2 Å². The van der Waals surface area contributed by atoms with Crippen LogP contribution in [0.1, 0.15) is 76.2 Å². The summed E-state index contributed by atoms with van der Waals surface area (Å²) < 4.78 is 16.2. The molecular formula is C21H30O6. The Balaban J connectivity index is 2.01. The molecule has 0 fully saturated rings. The van der Waals surface area contributed by atoms with Gasteiger partial charge in [-0.3, -0.25) is 4.79 Å². The van der Waals surface area contributed by atoms with Crippen LogP contribution in [0, 0.1) is 0 Å². The van der Waals surface area contributed by atoms with E-state index in [2.05, 4.69) is 6.92 Å². The molecule has 1 aromatic rings. The maximum absolute atomic E-state index is 12.3. The number of allylic oxidation sites excluding steroid dienone is 1. The van der Waals surface area contributed by atoms with E-state index in [-0.39, 0.29) is 30.3 Å². The normalized spacial score (nSPS) is 15.5. The first-order valence-corrected chi connectivity index (χ1v) is 9.66. The molecule has 0 saturated carbocycles. The van der Waals surface area contributed by atoms with Crippen molar-refractivity contribution in [3.63, 3.8) is 0 Å². The van der Waals surface area contributed by atoms with Gasteiger partial charge in [-0.2, -0.15) is 0 Å². The van der Waals surface area contributed by atoms with Crippen molar-refractivity contribution in [1.29, 1.82) is 0 Å². The van der Waals surface area contributed by atoms with Crippen molar-refractivity contribution < 1.29 is 23.8 Å². The fourth-order valence-corrected chi connectivity index (χ4v) is 3.20. The largest absolute Gasteiger partial charge is 0.496 e. The lowest BCUT2D eigenvalue weighted by Crippen LogP contribution is -2.15. The molecule has 2 rings (SSSR count). The van der Waals surface area contributed by atoms with Crippen molar-refractivity contribution in [2.75, 3.05) is 13.7 Å². The second-order valence-corrected chi connectivity index (χ2v) is 7.02. The highest BCUT2D eigenvalue weighted by atomic mass is 16.5. The fourth-order valence-electron chi connectivity index (χ4n) is 3.20. The minimum Gasteiger partial charge on any atom is -0.496 e. The first-order valence-electron chi connectivity index (χ1n) is 9.66. The van der Waals surface area contributed by atoms with E-state index in [1.807, 2.05) is 6.92 Å². The standard InChI is InChI=1S/C21H30O6/c1-4-5-6-7-8-18(23)20-11-19(25-3)16(21(24)27-20)13-26-12-15-14(2)9-10-17(15)22/h11,18,23H,4-10,12-13H2,1-3H3. The van der Waals surface area contributed by atoms with Gasteiger partial charge in [0.05, 0.1) is 20.3 Å². The average molecular weight is 378 g/mol. The summed E-state index contributed by atoms with van der Waals surface area (Å²) in [5, 5.41) is 10.3. The van der Waals surface area contributed by atoms with Crippen LogP contribution in [0.2, 0.25) is 0 Å². The third-order valence-corrected chi connectivity index (χ3v) is 4.98. The molecule has 0 aromatic carbocycles. The minimum absolute atomic E-state index is 0.0115. The molecule has 6 heteroatoms. The fraction of sp³-hybridized carbons (Fsp3) is 0.619. The molecule has 1 aliphatic carbocycles. The van der Waals surface area contributed by atoms with E-state index in [9.17, 15) is 14.7 Å². The van der Waals surface area contributed by atoms with E-state index in [1.54, 1.807) is 6.07 Å². The van der Waals surface area contributed by atoms with E-state index in [4.69, 9.17) is 13.9 Å². The third kappa shape index (κ3) is 5.78. The summed E-state index contributed by atoms with van der Waals surface area (Å²) in [6.45, 7) is 4.22. The molecule has 0 spiro atoms. The molecule has 1 unspecified atom stereocenters. The zero-order valence-electron chi connectivity index (χ0n) is 16.5. The molecule has 27 heavy (non-hydrogen) atoms. The molecule has 1 heterocycles. The van der Waals surface area contributed by atoms with Gasteiger partial charge in [0.1, 0.15) is 23.2 Å². The van der Waals surface area contributed by atoms with Gasteiger partial charge >= 0.3 is 5.63 Å². The smallest absolute Gasteiger partial charge is 0.345 e. The summed E-state index contributed by atoms with van der Waals surface area (Å²) in [5.41, 5.74) is 1.40. The molecule has 1 aliphatic rings. The van der Waals surface area contributed by atoms with E-state index >= 15 is 0 Å². The van der Waals surface area contributed by atoms with Crippen molar-refractivity contribution in [3.8, 4) is 5.75 Å². The lowest BCUT2D eigenvalue weighted by atomic mass is 10.1. The lowest BCUT2D eigenvalue weighted by Gasteiger charge is -2.13. The first-order chi connectivity index (χ1) is 13.0. The van der Waals surface area contributed by atoms with E-state index < -0.39 is 11.7 Å². The highest BCUT2D eigenvalue weighted by Crippen LogP contribution is 2.26. The predicted octanol–water partition coefficient (Wildman–Crippen LogP) is 3.85. The summed E-state index contributed by atoms with van der Waals surface area (Å²) in [7, 11) is 1.46. The van der Waals surface area contributed by atoms with Crippen molar-refractivity contribution in [2.24, 2.45) is 0 Å². The molecule has 1 aromatic heterocycles. The Morgan fingerprint density at radius 1 is 1.19 bits per heavy atom. The zero-order chi connectivity index (χ0) is 19.8. The van der Waals surface area contributed by atoms with Gasteiger partial charge in [0.15, 0.2) is 5.78 Å². The number of methoxy groups -OCH3 is 1. The Bertz CT molecular complexity index is 731. The van der Waals surface area contributed by atoms with Gasteiger partial charge in [-0.05, 0) is 19.8 Å². The molecular weight excluding hydrogens is 348 g/mol. The van der Waals surface area contributed by atoms with Crippen molar-refractivity contribution in [3.05, 3.63) is 39.0 Å². The van der Waals surface area contributed by atoms with E-state index in [0.717, 1.165) is 37.7 Å². The SMILES string of the molecule is CCCCCCC(O)c1cc(OC)c(COCC2=C(C)CCC2=O)c(=O)o1. The Morgan fingerprint density at radius 2 is 1.96 bits per heavy atom. The van der Waals surface area contributed by atoms with Crippen molar-refractivity contribution >= 4 is 5.78 Å². The van der Waals surface area contributed by atoms with Gasteiger partial charge in [-0.25, -0.2) is 4.79 Å². The summed E-state index contributed by atoms with van der Waals surface area (Å²) in [6.07, 6.45) is 5.15. The molecule has 6 nitrogen and oxygen atoms in total. The van der Waals surface area contributed by atoms with Gasteiger partial charge in [-0.15, -0.1) is 0 Å². The zero-order valence-corrected chi connectivity index (χ0v) is 16.5. The molecule has 0 saturated heterocycles. The van der Waals surface area contributed by atoms with E-state index in [0.29, 0.717) is 24.2 Å². The van der Waals surface area contributed by atoms with Crippen LogP contribution in [0.5, 0.6) is 5.75 Å². The van der Waals surface area contributed by atoms with Gasteiger partial charge in [0.25, 0.3) is 0 Å². The Labute approximate surface area is 160 Å². The number of Topliss-reactive ketones (excluding diaryl/α,β-unsaturated/α-hetero) is 1. The first kappa shape index (κ1) is 21.4. The molecule has 0 radical (unpaired) electrons. The number of rotatable bonds is 11. The second kappa shape index (κ2) is 10.4. The number of aliphatic hydroxyl groups is 1. The minimum atomic E-state index is -0.831. The number of ether oxygens (including phenoxy) is 2. The second-order valence-electron chi connectivity index (χ2n) is 7.02. The van der Waals surface area contributed by atoms with Crippen molar-refractivity contribution in [2.45, 2.75) is 71.5 Å². The Hall–Kier alpha value is -1.92. The van der Waals surface area contributed by atoms with Gasteiger partial charge in [0, 0.05) is 18.1 Å². The van der Waals surface area contributed by atoms with Crippen LogP contribution >= 0.6 is 0 Å². The number of hydrogen-bond acceptors (Lipinski definition) is 6. The molecule has 0 aliphatic heterocycles. The number of carbonyl (C=O) groups excluding carboxylic acids is 1. The molecule has 1 atom stereocenters. The quantitative estimate of drug-likeness (QED) is 0.589. The third-order valence-electron chi connectivity index (χ3n) is 4.98. The van der Waals surface area contributed by atoms with Crippen LogP contribution < -0.4 is 10.4 Å². The highest BCUT2D eigenvalue weighted by molar-refractivity contribution is 5.98. The molecule has 0 amide bonds. The number of aliphatic hydroxyl groups excluding tert-OH is 1. The van der Waals surface area contributed by atoms with Crippen LogP contribution in [0.15, 0.2) is 26.4 Å².